The van der Waals surface area contributed by atoms with Crippen molar-refractivity contribution in [1.82, 2.24) is 4.90 Å². The van der Waals surface area contributed by atoms with Crippen molar-refractivity contribution in [2.75, 3.05) is 27.0 Å². The molecule has 0 radical (unpaired) electrons. The maximum atomic E-state index is 5.50. The Labute approximate surface area is 104 Å². The van der Waals surface area contributed by atoms with Gasteiger partial charge >= 0.3 is 0 Å². The van der Waals surface area contributed by atoms with Gasteiger partial charge in [0.25, 0.3) is 0 Å². The molecule has 90 valence electrons. The number of benzene rings is 1. The smallest absolute Gasteiger partial charge is 0.126 e. The number of hydrogen-bond donors (Lipinski definition) is 1. The van der Waals surface area contributed by atoms with Gasteiger partial charge in [0.15, 0.2) is 0 Å². The van der Waals surface area contributed by atoms with Crippen LogP contribution in [0.3, 0.4) is 0 Å². The Morgan fingerprint density at radius 3 is 2.38 bits per heavy atom. The second-order valence-corrected chi connectivity index (χ2v) is 4.73. The SMILES string of the molecule is COc1c(C)cc(C)cc1C(CS)N(C)C. The second kappa shape index (κ2) is 5.60. The molecule has 0 N–H and O–H groups in total. The molecule has 1 unspecified atom stereocenters. The zero-order chi connectivity index (χ0) is 12.3. The normalized spacial score (nSPS) is 12.9. The summed E-state index contributed by atoms with van der Waals surface area (Å²) in [6.45, 7) is 4.20. The minimum atomic E-state index is 0.289. The molecule has 0 aliphatic heterocycles. The van der Waals surface area contributed by atoms with Crippen molar-refractivity contribution in [3.8, 4) is 5.75 Å². The maximum Gasteiger partial charge on any atom is 0.126 e. The minimum absolute atomic E-state index is 0.289. The second-order valence-electron chi connectivity index (χ2n) is 4.37. The number of hydrogen-bond acceptors (Lipinski definition) is 3. The predicted octanol–water partition coefficient (Wildman–Crippen LogP) is 2.84. The summed E-state index contributed by atoms with van der Waals surface area (Å²) in [5.74, 6) is 1.77. The molecule has 1 atom stereocenters. The number of methoxy groups -OCH3 is 1. The lowest BCUT2D eigenvalue weighted by atomic mass is 10.00. The fourth-order valence-electron chi connectivity index (χ4n) is 2.05. The maximum absolute atomic E-state index is 5.50. The number of nitrogens with zero attached hydrogens (tertiary/aromatic N) is 1. The van der Waals surface area contributed by atoms with Crippen molar-refractivity contribution >= 4 is 12.6 Å². The predicted molar refractivity (Wildman–Crippen MR) is 72.7 cm³/mol. The molecular weight excluding hydrogens is 218 g/mol. The Morgan fingerprint density at radius 1 is 1.31 bits per heavy atom. The van der Waals surface area contributed by atoms with Crippen molar-refractivity contribution in [3.05, 3.63) is 28.8 Å². The number of thiol groups is 1. The van der Waals surface area contributed by atoms with Crippen LogP contribution in [-0.4, -0.2) is 31.9 Å². The van der Waals surface area contributed by atoms with Gasteiger partial charge in [-0.25, -0.2) is 0 Å². The lowest BCUT2D eigenvalue weighted by Gasteiger charge is -2.26. The van der Waals surface area contributed by atoms with E-state index in [1.165, 1.54) is 16.7 Å². The van der Waals surface area contributed by atoms with Crippen LogP contribution in [0.25, 0.3) is 0 Å². The summed E-state index contributed by atoms with van der Waals surface area (Å²) < 4.78 is 5.50. The van der Waals surface area contributed by atoms with Crippen molar-refractivity contribution in [3.63, 3.8) is 0 Å². The Kier molecular flexibility index (Phi) is 4.69. The molecule has 16 heavy (non-hydrogen) atoms. The van der Waals surface area contributed by atoms with Crippen LogP contribution in [0.4, 0.5) is 0 Å². The number of rotatable bonds is 4. The van der Waals surface area contributed by atoms with Gasteiger partial charge in [0.2, 0.25) is 0 Å². The van der Waals surface area contributed by atoms with E-state index in [9.17, 15) is 0 Å². The summed E-state index contributed by atoms with van der Waals surface area (Å²) in [6, 6.07) is 4.62. The monoisotopic (exact) mass is 239 g/mol. The van der Waals surface area contributed by atoms with Crippen LogP contribution in [0.1, 0.15) is 22.7 Å². The Morgan fingerprint density at radius 2 is 1.94 bits per heavy atom. The summed E-state index contributed by atoms with van der Waals surface area (Å²) in [5, 5.41) is 0. The molecule has 1 aromatic carbocycles. The minimum Gasteiger partial charge on any atom is -0.496 e. The molecule has 0 amide bonds. The largest absolute Gasteiger partial charge is 0.496 e. The Balaban J connectivity index is 3.29. The summed E-state index contributed by atoms with van der Waals surface area (Å²) in [6.07, 6.45) is 0. The van der Waals surface area contributed by atoms with Crippen LogP contribution in [0.2, 0.25) is 0 Å². The zero-order valence-corrected chi connectivity index (χ0v) is 11.6. The van der Waals surface area contributed by atoms with Gasteiger partial charge in [0, 0.05) is 17.4 Å². The van der Waals surface area contributed by atoms with Gasteiger partial charge in [-0.1, -0.05) is 17.7 Å². The highest BCUT2D eigenvalue weighted by molar-refractivity contribution is 7.80. The average molecular weight is 239 g/mol. The lowest BCUT2D eigenvalue weighted by Crippen LogP contribution is -2.22. The van der Waals surface area contributed by atoms with Crippen molar-refractivity contribution in [1.29, 1.82) is 0 Å². The van der Waals surface area contributed by atoms with Crippen molar-refractivity contribution in [2.45, 2.75) is 19.9 Å². The van der Waals surface area contributed by atoms with E-state index in [1.54, 1.807) is 7.11 Å². The van der Waals surface area contributed by atoms with Crippen LogP contribution in [0, 0.1) is 13.8 Å². The van der Waals surface area contributed by atoms with E-state index in [0.717, 1.165) is 11.5 Å². The molecule has 0 heterocycles. The summed E-state index contributed by atoms with van der Waals surface area (Å²) in [4.78, 5) is 2.17. The first kappa shape index (κ1) is 13.4. The molecule has 0 saturated heterocycles. The molecule has 0 bridgehead atoms. The average Bonchev–Trinajstić information content (AvgIpc) is 2.17. The summed E-state index contributed by atoms with van der Waals surface area (Å²) in [5.41, 5.74) is 3.67. The van der Waals surface area contributed by atoms with E-state index < -0.39 is 0 Å². The fraction of sp³-hybridized carbons (Fsp3) is 0.538. The van der Waals surface area contributed by atoms with Crippen LogP contribution in [0.15, 0.2) is 12.1 Å². The molecule has 0 spiro atoms. The van der Waals surface area contributed by atoms with Gasteiger partial charge in [-0.05, 0) is 33.5 Å². The van der Waals surface area contributed by atoms with E-state index in [4.69, 9.17) is 4.74 Å². The van der Waals surface area contributed by atoms with Crippen molar-refractivity contribution in [2.24, 2.45) is 0 Å². The molecule has 1 rings (SSSR count). The van der Waals surface area contributed by atoms with Gasteiger partial charge in [-0.2, -0.15) is 12.6 Å². The topological polar surface area (TPSA) is 12.5 Å². The Hall–Kier alpha value is -0.670. The number of aryl methyl sites for hydroxylation is 2. The fourth-order valence-corrected chi connectivity index (χ4v) is 2.58. The highest BCUT2D eigenvalue weighted by atomic mass is 32.1. The van der Waals surface area contributed by atoms with Crippen LogP contribution >= 0.6 is 12.6 Å². The van der Waals surface area contributed by atoms with E-state index in [2.05, 4.69) is 57.6 Å². The third-order valence-corrected chi connectivity index (χ3v) is 3.15. The van der Waals surface area contributed by atoms with Gasteiger partial charge in [-0.15, -0.1) is 0 Å². The molecule has 0 aliphatic carbocycles. The van der Waals surface area contributed by atoms with E-state index in [1.807, 2.05) is 0 Å². The van der Waals surface area contributed by atoms with Gasteiger partial charge in [-0.3, -0.25) is 0 Å². The third kappa shape index (κ3) is 2.71. The summed E-state index contributed by atoms with van der Waals surface area (Å²) in [7, 11) is 5.86. The van der Waals surface area contributed by atoms with E-state index in [-0.39, 0.29) is 6.04 Å². The highest BCUT2D eigenvalue weighted by Crippen LogP contribution is 2.32. The third-order valence-electron chi connectivity index (χ3n) is 2.81. The summed E-state index contributed by atoms with van der Waals surface area (Å²) >= 11 is 4.42. The molecule has 1 aromatic rings. The molecule has 0 saturated carbocycles. The van der Waals surface area contributed by atoms with Crippen LogP contribution < -0.4 is 4.74 Å². The number of ether oxygens (including phenoxy) is 1. The molecule has 2 nitrogen and oxygen atoms in total. The van der Waals surface area contributed by atoms with Crippen LogP contribution in [-0.2, 0) is 0 Å². The zero-order valence-electron chi connectivity index (χ0n) is 10.7. The standard InChI is InChI=1S/C13H21NOS/c1-9-6-10(2)13(15-5)11(7-9)12(8-16)14(3)4/h6-7,12,16H,8H2,1-5H3. The first-order chi connectivity index (χ1) is 7.51. The Bertz CT molecular complexity index is 363. The van der Waals surface area contributed by atoms with Crippen LogP contribution in [0.5, 0.6) is 5.75 Å². The highest BCUT2D eigenvalue weighted by Gasteiger charge is 2.18. The van der Waals surface area contributed by atoms with Gasteiger partial charge < -0.3 is 9.64 Å². The van der Waals surface area contributed by atoms with E-state index >= 15 is 0 Å². The lowest BCUT2D eigenvalue weighted by molar-refractivity contribution is 0.312. The molecule has 0 aromatic heterocycles. The first-order valence-electron chi connectivity index (χ1n) is 5.43. The van der Waals surface area contributed by atoms with Gasteiger partial charge in [0.1, 0.15) is 5.75 Å². The van der Waals surface area contributed by atoms with E-state index in [0.29, 0.717) is 0 Å². The quantitative estimate of drug-likeness (QED) is 0.811. The molecule has 0 fully saturated rings. The van der Waals surface area contributed by atoms with Crippen molar-refractivity contribution < 1.29 is 4.74 Å². The van der Waals surface area contributed by atoms with Gasteiger partial charge in [0.05, 0.1) is 7.11 Å². The molecular formula is C13H21NOS. The molecule has 3 heteroatoms. The molecule has 0 aliphatic rings. The first-order valence-corrected chi connectivity index (χ1v) is 6.07.